The van der Waals surface area contributed by atoms with Crippen molar-refractivity contribution in [3.05, 3.63) is 59.7 Å². The zero-order chi connectivity index (χ0) is 27.3. The number of hydrogen-bond donors (Lipinski definition) is 2. The van der Waals surface area contributed by atoms with Gasteiger partial charge in [-0.1, -0.05) is 58.1 Å². The van der Waals surface area contributed by atoms with Crippen molar-refractivity contribution in [1.29, 1.82) is 0 Å². The number of esters is 2. The Morgan fingerprint density at radius 1 is 0.947 bits per heavy atom. The van der Waals surface area contributed by atoms with Gasteiger partial charge in [0.25, 0.3) is 0 Å². The van der Waals surface area contributed by atoms with Crippen LogP contribution in [-0.2, 0) is 14.3 Å². The highest BCUT2D eigenvalue weighted by Gasteiger charge is 2.27. The molecule has 1 aliphatic carbocycles. The molecule has 0 bridgehead atoms. The summed E-state index contributed by atoms with van der Waals surface area (Å²) in [7, 11) is 0. The first-order valence-corrected chi connectivity index (χ1v) is 14.2. The molecule has 1 saturated carbocycles. The highest BCUT2D eigenvalue weighted by molar-refractivity contribution is 5.87. The van der Waals surface area contributed by atoms with E-state index in [2.05, 4.69) is 13.8 Å². The third kappa shape index (κ3) is 9.55. The van der Waals surface area contributed by atoms with E-state index in [-0.39, 0.29) is 24.4 Å². The van der Waals surface area contributed by atoms with E-state index in [0.717, 1.165) is 62.0 Å². The molecular formula is C32H44N2O4. The topological polar surface area (TPSA) is 105 Å². The minimum absolute atomic E-state index is 0.00728. The summed E-state index contributed by atoms with van der Waals surface area (Å²) in [6.45, 7) is 4.62. The normalized spacial score (nSPS) is 18.3. The minimum Gasteiger partial charge on any atom is -0.462 e. The largest absolute Gasteiger partial charge is 0.462 e. The average molecular weight is 521 g/mol. The van der Waals surface area contributed by atoms with Gasteiger partial charge in [0.15, 0.2) is 0 Å². The number of anilines is 2. The van der Waals surface area contributed by atoms with Crippen molar-refractivity contribution >= 4 is 29.4 Å². The number of unbranched alkanes of at least 4 members (excludes halogenated alkanes) is 2. The van der Waals surface area contributed by atoms with Gasteiger partial charge in [-0.2, -0.15) is 0 Å². The Hall–Kier alpha value is -3.28. The summed E-state index contributed by atoms with van der Waals surface area (Å²) in [6.07, 6.45) is 13.9. The molecule has 4 N–H and O–H groups in total. The fourth-order valence-corrected chi connectivity index (χ4v) is 5.16. The fraction of sp³-hybridized carbons (Fsp3) is 0.500. The Kier molecular flexibility index (Phi) is 11.7. The molecule has 0 radical (unpaired) electrons. The fourth-order valence-electron chi connectivity index (χ4n) is 5.16. The molecule has 6 nitrogen and oxygen atoms in total. The van der Waals surface area contributed by atoms with Gasteiger partial charge < -0.3 is 20.9 Å². The summed E-state index contributed by atoms with van der Waals surface area (Å²) in [6, 6.07) is 12.7. The molecule has 206 valence electrons. The summed E-state index contributed by atoms with van der Waals surface area (Å²) >= 11 is 0. The van der Waals surface area contributed by atoms with Crippen molar-refractivity contribution in [2.45, 2.75) is 84.0 Å². The Balaban J connectivity index is 1.47. The SMILES string of the molecule is CCCCC1CCC(C(=O)Oc2ccc(/C=C/C(=O)OCC(CCCC)c3cc(N)cc(N)c3)cc2)CC1. The Morgan fingerprint density at radius 2 is 1.61 bits per heavy atom. The van der Waals surface area contributed by atoms with Gasteiger partial charge in [-0.15, -0.1) is 0 Å². The summed E-state index contributed by atoms with van der Waals surface area (Å²) in [5.74, 6) is 0.780. The van der Waals surface area contributed by atoms with Crippen LogP contribution in [-0.4, -0.2) is 18.5 Å². The second-order valence-electron chi connectivity index (χ2n) is 10.6. The molecule has 0 saturated heterocycles. The third-order valence-electron chi connectivity index (χ3n) is 7.46. The lowest BCUT2D eigenvalue weighted by atomic mass is 9.80. The van der Waals surface area contributed by atoms with Crippen LogP contribution in [0, 0.1) is 11.8 Å². The van der Waals surface area contributed by atoms with Gasteiger partial charge in [0.1, 0.15) is 5.75 Å². The second kappa shape index (κ2) is 15.2. The van der Waals surface area contributed by atoms with E-state index in [1.807, 2.05) is 24.3 Å². The molecule has 1 fully saturated rings. The number of hydrogen-bond acceptors (Lipinski definition) is 6. The highest BCUT2D eigenvalue weighted by atomic mass is 16.5. The Bertz CT molecular complexity index is 1040. The molecule has 1 atom stereocenters. The summed E-state index contributed by atoms with van der Waals surface area (Å²) < 4.78 is 11.2. The van der Waals surface area contributed by atoms with Crippen LogP contribution in [0.25, 0.3) is 6.08 Å². The maximum Gasteiger partial charge on any atom is 0.330 e. The zero-order valence-electron chi connectivity index (χ0n) is 23.0. The number of nitrogens with two attached hydrogens (primary N) is 2. The molecule has 3 rings (SSSR count). The summed E-state index contributed by atoms with van der Waals surface area (Å²) in [4.78, 5) is 25.0. The van der Waals surface area contributed by atoms with E-state index in [0.29, 0.717) is 17.1 Å². The molecular weight excluding hydrogens is 476 g/mol. The Labute approximate surface area is 227 Å². The molecule has 0 aromatic heterocycles. The van der Waals surface area contributed by atoms with Crippen molar-refractivity contribution in [2.75, 3.05) is 18.1 Å². The highest BCUT2D eigenvalue weighted by Crippen LogP contribution is 2.33. The summed E-state index contributed by atoms with van der Waals surface area (Å²) in [5.41, 5.74) is 15.0. The van der Waals surface area contributed by atoms with Gasteiger partial charge in [-0.25, -0.2) is 4.79 Å². The van der Waals surface area contributed by atoms with Crippen molar-refractivity contribution in [2.24, 2.45) is 11.8 Å². The lowest BCUT2D eigenvalue weighted by Crippen LogP contribution is -2.25. The zero-order valence-corrected chi connectivity index (χ0v) is 23.0. The van der Waals surface area contributed by atoms with Crippen LogP contribution in [0.1, 0.15) is 95.1 Å². The Morgan fingerprint density at radius 3 is 2.24 bits per heavy atom. The maximum atomic E-state index is 12.6. The van der Waals surface area contributed by atoms with E-state index in [1.54, 1.807) is 24.3 Å². The molecule has 6 heteroatoms. The van der Waals surface area contributed by atoms with Crippen molar-refractivity contribution in [3.8, 4) is 5.75 Å². The number of carbonyl (C=O) groups excluding carboxylic acids is 2. The number of rotatable bonds is 13. The van der Waals surface area contributed by atoms with Crippen LogP contribution in [0.2, 0.25) is 0 Å². The van der Waals surface area contributed by atoms with Crippen molar-refractivity contribution < 1.29 is 19.1 Å². The van der Waals surface area contributed by atoms with Crippen LogP contribution in [0.3, 0.4) is 0 Å². The van der Waals surface area contributed by atoms with Gasteiger partial charge in [0.05, 0.1) is 12.5 Å². The lowest BCUT2D eigenvalue weighted by molar-refractivity contribution is -0.140. The van der Waals surface area contributed by atoms with Crippen LogP contribution in [0.5, 0.6) is 5.75 Å². The van der Waals surface area contributed by atoms with Crippen LogP contribution in [0.15, 0.2) is 48.5 Å². The minimum atomic E-state index is -0.409. The van der Waals surface area contributed by atoms with Gasteiger partial charge in [-0.3, -0.25) is 4.79 Å². The first-order valence-electron chi connectivity index (χ1n) is 14.2. The maximum absolute atomic E-state index is 12.6. The standard InChI is InChI=1S/C32H44N2O4/c1-3-5-7-23-9-14-25(15-10-23)32(36)38-30-16-11-24(12-17-30)13-18-31(35)37-22-26(8-6-4-2)27-19-28(33)21-29(34)20-27/h11-13,16-21,23,25-26H,3-10,14-15,22,33-34H2,1-2H3/b18-13+. The molecule has 2 aromatic rings. The molecule has 2 aromatic carbocycles. The molecule has 1 aliphatic rings. The molecule has 0 amide bonds. The molecule has 0 aliphatic heterocycles. The predicted molar refractivity (Wildman–Crippen MR) is 155 cm³/mol. The molecule has 0 spiro atoms. The van der Waals surface area contributed by atoms with Crippen LogP contribution in [0.4, 0.5) is 11.4 Å². The lowest BCUT2D eigenvalue weighted by Gasteiger charge is -2.27. The van der Waals surface area contributed by atoms with E-state index >= 15 is 0 Å². The van der Waals surface area contributed by atoms with E-state index in [1.165, 1.54) is 25.3 Å². The third-order valence-corrected chi connectivity index (χ3v) is 7.46. The first-order chi connectivity index (χ1) is 18.4. The molecule has 1 unspecified atom stereocenters. The van der Waals surface area contributed by atoms with Gasteiger partial charge in [-0.05, 0) is 85.6 Å². The monoisotopic (exact) mass is 520 g/mol. The quantitative estimate of drug-likeness (QED) is 0.124. The summed E-state index contributed by atoms with van der Waals surface area (Å²) in [5, 5.41) is 0. The number of carbonyl (C=O) groups is 2. The molecule has 38 heavy (non-hydrogen) atoms. The predicted octanol–water partition coefficient (Wildman–Crippen LogP) is 7.28. The van der Waals surface area contributed by atoms with Gasteiger partial charge in [0, 0.05) is 23.4 Å². The van der Waals surface area contributed by atoms with Crippen LogP contribution >= 0.6 is 0 Å². The molecule has 0 heterocycles. The number of benzene rings is 2. The van der Waals surface area contributed by atoms with Crippen molar-refractivity contribution in [1.82, 2.24) is 0 Å². The van der Waals surface area contributed by atoms with E-state index in [4.69, 9.17) is 20.9 Å². The number of nitrogen functional groups attached to an aromatic ring is 2. The van der Waals surface area contributed by atoms with Gasteiger partial charge in [0.2, 0.25) is 0 Å². The van der Waals surface area contributed by atoms with Crippen molar-refractivity contribution in [3.63, 3.8) is 0 Å². The number of ether oxygens (including phenoxy) is 2. The smallest absolute Gasteiger partial charge is 0.330 e. The second-order valence-corrected chi connectivity index (χ2v) is 10.6. The van der Waals surface area contributed by atoms with E-state index < -0.39 is 5.97 Å². The van der Waals surface area contributed by atoms with Gasteiger partial charge >= 0.3 is 11.9 Å². The van der Waals surface area contributed by atoms with Crippen LogP contribution < -0.4 is 16.2 Å². The van der Waals surface area contributed by atoms with E-state index in [9.17, 15) is 9.59 Å². The first kappa shape index (κ1) is 29.3. The average Bonchev–Trinajstić information content (AvgIpc) is 2.91.